The molecular formula is C22H23N3. The molecule has 1 aromatic heterocycles. The molecule has 1 atom stereocenters. The van der Waals surface area contributed by atoms with E-state index in [-0.39, 0.29) is 5.41 Å². The molecule has 0 amide bonds. The molecule has 0 bridgehead atoms. The normalized spacial score (nSPS) is 21.8. The van der Waals surface area contributed by atoms with Gasteiger partial charge in [-0.1, -0.05) is 43.4 Å². The van der Waals surface area contributed by atoms with Gasteiger partial charge in [0, 0.05) is 17.8 Å². The van der Waals surface area contributed by atoms with Crippen molar-refractivity contribution in [1.29, 1.82) is 0 Å². The average molecular weight is 329 g/mol. The van der Waals surface area contributed by atoms with Crippen LogP contribution in [0.15, 0.2) is 54.2 Å². The molecule has 0 spiro atoms. The summed E-state index contributed by atoms with van der Waals surface area (Å²) in [7, 11) is 1.92. The minimum atomic E-state index is 0.0279. The number of anilines is 1. The molecule has 0 aliphatic heterocycles. The van der Waals surface area contributed by atoms with Crippen molar-refractivity contribution in [3.63, 3.8) is 0 Å². The predicted octanol–water partition coefficient (Wildman–Crippen LogP) is 5.13. The van der Waals surface area contributed by atoms with Crippen LogP contribution < -0.4 is 5.32 Å². The fourth-order valence-corrected chi connectivity index (χ4v) is 3.64. The van der Waals surface area contributed by atoms with E-state index >= 15 is 0 Å². The van der Waals surface area contributed by atoms with Gasteiger partial charge in [-0.2, -0.15) is 0 Å². The number of aryl methyl sites for hydroxylation is 2. The van der Waals surface area contributed by atoms with Crippen molar-refractivity contribution in [2.75, 3.05) is 12.4 Å². The quantitative estimate of drug-likeness (QED) is 0.829. The highest BCUT2D eigenvalue weighted by Gasteiger charge is 2.30. The summed E-state index contributed by atoms with van der Waals surface area (Å²) in [6, 6.07) is 4.33. The van der Waals surface area contributed by atoms with Crippen LogP contribution in [0.1, 0.15) is 30.3 Å². The molecular weight excluding hydrogens is 306 g/mol. The van der Waals surface area contributed by atoms with Gasteiger partial charge in [-0.3, -0.25) is 0 Å². The Morgan fingerprint density at radius 1 is 1.04 bits per heavy atom. The Morgan fingerprint density at radius 2 is 1.84 bits per heavy atom. The fourth-order valence-electron chi connectivity index (χ4n) is 3.64. The molecule has 1 aromatic carbocycles. The highest BCUT2D eigenvalue weighted by atomic mass is 15.0. The molecule has 4 rings (SSSR count). The van der Waals surface area contributed by atoms with Crippen molar-refractivity contribution in [1.82, 2.24) is 9.97 Å². The lowest BCUT2D eigenvalue weighted by Crippen LogP contribution is -2.20. The number of fused-ring (bicyclic) bond motifs is 2. The Morgan fingerprint density at radius 3 is 2.64 bits per heavy atom. The number of benzene rings is 1. The molecule has 1 heterocycles. The van der Waals surface area contributed by atoms with E-state index in [1.54, 1.807) is 0 Å². The molecule has 0 fully saturated rings. The summed E-state index contributed by atoms with van der Waals surface area (Å²) in [6.07, 6.45) is 14.0. The van der Waals surface area contributed by atoms with Crippen LogP contribution in [0, 0.1) is 19.3 Å². The summed E-state index contributed by atoms with van der Waals surface area (Å²) < 4.78 is 0. The first-order valence-corrected chi connectivity index (χ1v) is 8.74. The minimum absolute atomic E-state index is 0.0279. The summed E-state index contributed by atoms with van der Waals surface area (Å²) >= 11 is 0. The van der Waals surface area contributed by atoms with Crippen molar-refractivity contribution in [2.45, 2.75) is 27.2 Å². The molecule has 3 heteroatoms. The highest BCUT2D eigenvalue weighted by Crippen LogP contribution is 2.44. The van der Waals surface area contributed by atoms with Crippen LogP contribution in [0.25, 0.3) is 16.5 Å². The summed E-state index contributed by atoms with van der Waals surface area (Å²) in [6.45, 7) is 6.53. The first-order valence-electron chi connectivity index (χ1n) is 8.74. The van der Waals surface area contributed by atoms with E-state index in [0.717, 1.165) is 29.0 Å². The SMILES string of the molecule is CNc1nc(C2=CC=C3C=CC=CC3(C)C2)nc2cc(C)c(C)cc12. The standard InChI is InChI=1S/C22H23N3/c1-14-11-18-19(12-15(14)2)24-20(25-21(18)23-4)16-8-9-17-7-5-6-10-22(17,3)13-16/h5-12H,13H2,1-4H3,(H,23,24,25). The fraction of sp³-hybridized carbons (Fsp3) is 0.273. The van der Waals surface area contributed by atoms with E-state index < -0.39 is 0 Å². The van der Waals surface area contributed by atoms with Crippen LogP contribution in [0.2, 0.25) is 0 Å². The smallest absolute Gasteiger partial charge is 0.158 e. The van der Waals surface area contributed by atoms with Crippen molar-refractivity contribution >= 4 is 22.3 Å². The lowest BCUT2D eigenvalue weighted by molar-refractivity contribution is 0.533. The summed E-state index contributed by atoms with van der Waals surface area (Å²) in [5.41, 5.74) is 6.07. The van der Waals surface area contributed by atoms with Crippen molar-refractivity contribution < 1.29 is 0 Å². The number of allylic oxidation sites excluding steroid dienone is 8. The third-order valence-electron chi connectivity index (χ3n) is 5.37. The van der Waals surface area contributed by atoms with Gasteiger partial charge in [-0.15, -0.1) is 0 Å². The van der Waals surface area contributed by atoms with Gasteiger partial charge < -0.3 is 5.32 Å². The number of aromatic nitrogens is 2. The van der Waals surface area contributed by atoms with Crippen molar-refractivity contribution in [3.8, 4) is 0 Å². The first kappa shape index (κ1) is 15.8. The summed E-state index contributed by atoms with van der Waals surface area (Å²) in [5, 5.41) is 4.32. The number of hydrogen-bond acceptors (Lipinski definition) is 3. The molecule has 1 N–H and O–H groups in total. The maximum atomic E-state index is 4.89. The van der Waals surface area contributed by atoms with E-state index in [9.17, 15) is 0 Å². The van der Waals surface area contributed by atoms with Crippen LogP contribution in [0.4, 0.5) is 5.82 Å². The summed E-state index contributed by atoms with van der Waals surface area (Å²) in [5.74, 6) is 1.71. The maximum absolute atomic E-state index is 4.89. The molecule has 0 saturated carbocycles. The molecule has 2 aliphatic carbocycles. The second-order valence-corrected chi connectivity index (χ2v) is 7.23. The number of nitrogens with zero attached hydrogens (tertiary/aromatic N) is 2. The molecule has 0 radical (unpaired) electrons. The summed E-state index contributed by atoms with van der Waals surface area (Å²) in [4.78, 5) is 9.71. The van der Waals surface area contributed by atoms with Crippen LogP contribution in [-0.4, -0.2) is 17.0 Å². The lowest BCUT2D eigenvalue weighted by Gasteiger charge is -2.33. The zero-order chi connectivity index (χ0) is 17.6. The van der Waals surface area contributed by atoms with Gasteiger partial charge in [0.25, 0.3) is 0 Å². The van der Waals surface area contributed by atoms with E-state index in [4.69, 9.17) is 9.97 Å². The minimum Gasteiger partial charge on any atom is -0.373 e. The van der Waals surface area contributed by atoms with Gasteiger partial charge in [-0.05, 0) is 54.7 Å². The van der Waals surface area contributed by atoms with Gasteiger partial charge in [0.2, 0.25) is 0 Å². The van der Waals surface area contributed by atoms with Gasteiger partial charge in [-0.25, -0.2) is 9.97 Å². The van der Waals surface area contributed by atoms with Gasteiger partial charge in [0.15, 0.2) is 5.82 Å². The van der Waals surface area contributed by atoms with Crippen molar-refractivity contribution in [3.05, 3.63) is 71.1 Å². The Kier molecular flexibility index (Phi) is 3.60. The number of rotatable bonds is 2. The molecule has 2 aromatic rings. The van der Waals surface area contributed by atoms with Crippen LogP contribution >= 0.6 is 0 Å². The molecule has 126 valence electrons. The number of hydrogen-bond donors (Lipinski definition) is 1. The molecule has 1 unspecified atom stereocenters. The zero-order valence-electron chi connectivity index (χ0n) is 15.2. The zero-order valence-corrected chi connectivity index (χ0v) is 15.2. The Labute approximate surface area is 148 Å². The molecule has 25 heavy (non-hydrogen) atoms. The average Bonchev–Trinajstić information content (AvgIpc) is 2.61. The van der Waals surface area contributed by atoms with E-state index in [2.05, 4.69) is 74.7 Å². The monoisotopic (exact) mass is 329 g/mol. The maximum Gasteiger partial charge on any atom is 0.158 e. The van der Waals surface area contributed by atoms with Gasteiger partial charge in [0.1, 0.15) is 5.82 Å². The Hall–Kier alpha value is -2.68. The highest BCUT2D eigenvalue weighted by molar-refractivity contribution is 5.91. The van der Waals surface area contributed by atoms with Crippen LogP contribution in [-0.2, 0) is 0 Å². The molecule has 3 nitrogen and oxygen atoms in total. The molecule has 2 aliphatic rings. The Balaban J connectivity index is 1.86. The van der Waals surface area contributed by atoms with Gasteiger partial charge >= 0.3 is 0 Å². The van der Waals surface area contributed by atoms with Crippen LogP contribution in [0.5, 0.6) is 0 Å². The first-order chi connectivity index (χ1) is 12.0. The van der Waals surface area contributed by atoms with E-state index in [1.807, 2.05) is 7.05 Å². The third kappa shape index (κ3) is 2.60. The van der Waals surface area contributed by atoms with E-state index in [0.29, 0.717) is 0 Å². The van der Waals surface area contributed by atoms with Crippen molar-refractivity contribution in [2.24, 2.45) is 5.41 Å². The lowest BCUT2D eigenvalue weighted by atomic mass is 9.71. The topological polar surface area (TPSA) is 37.8 Å². The Bertz CT molecular complexity index is 992. The number of nitrogens with one attached hydrogen (secondary N) is 1. The molecule has 0 saturated heterocycles. The third-order valence-corrected chi connectivity index (χ3v) is 5.37. The second-order valence-electron chi connectivity index (χ2n) is 7.23. The largest absolute Gasteiger partial charge is 0.373 e. The van der Waals surface area contributed by atoms with Gasteiger partial charge in [0.05, 0.1) is 5.52 Å². The predicted molar refractivity (Wildman–Crippen MR) is 106 cm³/mol. The van der Waals surface area contributed by atoms with E-state index in [1.165, 1.54) is 22.3 Å². The second kappa shape index (κ2) is 5.69. The van der Waals surface area contributed by atoms with Crippen LogP contribution in [0.3, 0.4) is 0 Å².